The summed E-state index contributed by atoms with van der Waals surface area (Å²) in [5, 5.41) is 3.37. The van der Waals surface area contributed by atoms with Gasteiger partial charge in [0.2, 0.25) is 10.0 Å². The molecule has 9 heteroatoms. The number of para-hydroxylation sites is 1. The van der Waals surface area contributed by atoms with Crippen LogP contribution in [-0.2, 0) is 27.7 Å². The highest BCUT2D eigenvalue weighted by molar-refractivity contribution is 14.0. The molecule has 1 fully saturated rings. The second kappa shape index (κ2) is 11.4. The van der Waals surface area contributed by atoms with Crippen LogP contribution < -0.4 is 14.9 Å². The molecule has 2 heterocycles. The maximum atomic E-state index is 12.5. The molecular weight excluding hydrogens is 539 g/mol. The summed E-state index contributed by atoms with van der Waals surface area (Å²) in [6.45, 7) is 5.24. The highest BCUT2D eigenvalue weighted by Gasteiger charge is 2.23. The highest BCUT2D eigenvalue weighted by Crippen LogP contribution is 2.27. The number of anilines is 1. The number of hydrogen-bond acceptors (Lipinski definition) is 4. The molecule has 0 amide bonds. The molecule has 2 aromatic carbocycles. The minimum absolute atomic E-state index is 0. The van der Waals surface area contributed by atoms with Gasteiger partial charge in [-0.1, -0.05) is 30.3 Å². The number of nitrogens with one attached hydrogen (secondary N) is 2. The fourth-order valence-corrected chi connectivity index (χ4v) is 5.05. The van der Waals surface area contributed by atoms with E-state index in [1.807, 2.05) is 18.2 Å². The Morgan fingerprint density at radius 2 is 1.97 bits per heavy atom. The Bertz CT molecular complexity index is 1020. The van der Waals surface area contributed by atoms with Crippen molar-refractivity contribution in [3.63, 3.8) is 0 Å². The van der Waals surface area contributed by atoms with Gasteiger partial charge in [-0.2, -0.15) is 0 Å². The molecule has 0 bridgehead atoms. The molecule has 0 aromatic heterocycles. The number of guanidine groups is 1. The molecule has 2 N–H and O–H groups in total. The number of aliphatic imine (C=N–C) groups is 1. The van der Waals surface area contributed by atoms with Crippen LogP contribution in [0.15, 0.2) is 58.4 Å². The van der Waals surface area contributed by atoms with Crippen molar-refractivity contribution in [2.75, 3.05) is 31.1 Å². The number of benzene rings is 2. The summed E-state index contributed by atoms with van der Waals surface area (Å²) < 4.78 is 33.2. The molecule has 0 radical (unpaired) electrons. The molecule has 7 nitrogen and oxygen atoms in total. The Kier molecular flexibility index (Phi) is 8.92. The molecule has 1 saturated heterocycles. The molecule has 4 rings (SSSR count). The van der Waals surface area contributed by atoms with Gasteiger partial charge in [0.1, 0.15) is 0 Å². The monoisotopic (exact) mass is 570 g/mol. The number of rotatable bonds is 7. The van der Waals surface area contributed by atoms with Gasteiger partial charge in [-0.15, -0.1) is 24.0 Å². The van der Waals surface area contributed by atoms with E-state index >= 15 is 0 Å². The summed E-state index contributed by atoms with van der Waals surface area (Å²) in [6.07, 6.45) is 2.87. The molecule has 2 aliphatic rings. The number of nitrogens with zero attached hydrogens (tertiary/aromatic N) is 2. The Morgan fingerprint density at radius 1 is 1.19 bits per heavy atom. The summed E-state index contributed by atoms with van der Waals surface area (Å²) in [7, 11) is -3.54. The van der Waals surface area contributed by atoms with Crippen molar-refractivity contribution in [2.45, 2.75) is 43.7 Å². The van der Waals surface area contributed by atoms with Gasteiger partial charge >= 0.3 is 0 Å². The lowest BCUT2D eigenvalue weighted by atomic mass is 10.2. The summed E-state index contributed by atoms with van der Waals surface area (Å²) in [4.78, 5) is 7.27. The fourth-order valence-electron chi connectivity index (χ4n) is 3.98. The SMILES string of the molecule is CCNC(=NCc1ccc(S(=O)(=O)NCC2CCCO2)cc1)N1CCc2ccccc21.I. The van der Waals surface area contributed by atoms with Crippen molar-refractivity contribution in [1.82, 2.24) is 10.0 Å². The zero-order chi connectivity index (χ0) is 21.7. The van der Waals surface area contributed by atoms with Gasteiger partial charge in [-0.3, -0.25) is 0 Å². The van der Waals surface area contributed by atoms with Crippen LogP contribution in [0.3, 0.4) is 0 Å². The Balaban J connectivity index is 0.00000289. The van der Waals surface area contributed by atoms with E-state index in [4.69, 9.17) is 9.73 Å². The molecule has 1 unspecified atom stereocenters. The largest absolute Gasteiger partial charge is 0.377 e. The first kappa shape index (κ1) is 24.9. The molecule has 0 saturated carbocycles. The van der Waals surface area contributed by atoms with Crippen molar-refractivity contribution < 1.29 is 13.2 Å². The summed E-state index contributed by atoms with van der Waals surface area (Å²) >= 11 is 0. The van der Waals surface area contributed by atoms with Crippen molar-refractivity contribution in [3.05, 3.63) is 59.7 Å². The van der Waals surface area contributed by atoms with E-state index in [1.165, 1.54) is 11.3 Å². The molecule has 2 aromatic rings. The fraction of sp³-hybridized carbons (Fsp3) is 0.435. The van der Waals surface area contributed by atoms with E-state index in [0.29, 0.717) is 19.7 Å². The van der Waals surface area contributed by atoms with E-state index in [-0.39, 0.29) is 35.0 Å². The molecular formula is C23H31IN4O3S. The first-order valence-corrected chi connectivity index (χ1v) is 12.4. The van der Waals surface area contributed by atoms with Crippen LogP contribution in [-0.4, -0.2) is 46.7 Å². The van der Waals surface area contributed by atoms with E-state index in [2.05, 4.69) is 40.1 Å². The van der Waals surface area contributed by atoms with Gasteiger partial charge in [-0.05, 0) is 55.5 Å². The standard InChI is InChI=1S/C23H30N4O3S.HI/c1-2-24-23(27-14-13-19-6-3-4-8-22(19)27)25-16-18-9-11-21(12-10-18)31(28,29)26-17-20-7-5-15-30-20;/h3-4,6,8-12,20,26H,2,5,7,13-17H2,1H3,(H,24,25);1H. The van der Waals surface area contributed by atoms with Crippen LogP contribution in [0.25, 0.3) is 0 Å². The van der Waals surface area contributed by atoms with E-state index in [9.17, 15) is 8.42 Å². The van der Waals surface area contributed by atoms with Crippen LogP contribution in [0.1, 0.15) is 30.9 Å². The average Bonchev–Trinajstić information content (AvgIpc) is 3.46. The van der Waals surface area contributed by atoms with Crippen LogP contribution in [0.5, 0.6) is 0 Å². The maximum Gasteiger partial charge on any atom is 0.240 e. The van der Waals surface area contributed by atoms with Gasteiger partial charge in [0, 0.05) is 31.9 Å². The lowest BCUT2D eigenvalue weighted by molar-refractivity contribution is 0.114. The van der Waals surface area contributed by atoms with Crippen molar-refractivity contribution in [2.24, 2.45) is 4.99 Å². The third-order valence-corrected chi connectivity index (χ3v) is 7.09. The van der Waals surface area contributed by atoms with Crippen molar-refractivity contribution >= 4 is 45.6 Å². The minimum atomic E-state index is -3.54. The maximum absolute atomic E-state index is 12.5. The predicted molar refractivity (Wildman–Crippen MR) is 138 cm³/mol. The number of hydrogen-bond donors (Lipinski definition) is 2. The molecule has 32 heavy (non-hydrogen) atoms. The summed E-state index contributed by atoms with van der Waals surface area (Å²) in [5.74, 6) is 0.849. The Hall–Kier alpha value is -1.69. The van der Waals surface area contributed by atoms with E-state index in [1.54, 1.807) is 12.1 Å². The molecule has 174 valence electrons. The zero-order valence-corrected chi connectivity index (χ0v) is 21.4. The zero-order valence-electron chi connectivity index (χ0n) is 18.3. The summed E-state index contributed by atoms with van der Waals surface area (Å²) in [6, 6.07) is 15.3. The van der Waals surface area contributed by atoms with Crippen LogP contribution in [0.2, 0.25) is 0 Å². The van der Waals surface area contributed by atoms with Crippen molar-refractivity contribution in [1.29, 1.82) is 0 Å². The minimum Gasteiger partial charge on any atom is -0.377 e. The van der Waals surface area contributed by atoms with Gasteiger partial charge in [0.15, 0.2) is 5.96 Å². The lowest BCUT2D eigenvalue weighted by Crippen LogP contribution is -2.40. The second-order valence-corrected chi connectivity index (χ2v) is 9.60. The van der Waals surface area contributed by atoms with Gasteiger partial charge in [-0.25, -0.2) is 18.1 Å². The van der Waals surface area contributed by atoms with E-state index in [0.717, 1.165) is 43.9 Å². The lowest BCUT2D eigenvalue weighted by Gasteiger charge is -2.22. The van der Waals surface area contributed by atoms with Gasteiger partial charge < -0.3 is 15.0 Å². The number of halogens is 1. The first-order valence-electron chi connectivity index (χ1n) is 10.9. The third kappa shape index (κ3) is 6.00. The molecule has 2 aliphatic heterocycles. The predicted octanol–water partition coefficient (Wildman–Crippen LogP) is 3.29. The number of fused-ring (bicyclic) bond motifs is 1. The molecule has 1 atom stereocenters. The topological polar surface area (TPSA) is 83.0 Å². The first-order chi connectivity index (χ1) is 15.1. The van der Waals surface area contributed by atoms with Crippen LogP contribution in [0, 0.1) is 0 Å². The second-order valence-electron chi connectivity index (χ2n) is 7.83. The number of sulfonamides is 1. The molecule has 0 aliphatic carbocycles. The van der Waals surface area contributed by atoms with Gasteiger partial charge in [0.05, 0.1) is 17.5 Å². The number of ether oxygens (including phenoxy) is 1. The van der Waals surface area contributed by atoms with Crippen LogP contribution in [0.4, 0.5) is 5.69 Å². The highest BCUT2D eigenvalue weighted by atomic mass is 127. The quantitative estimate of drug-likeness (QED) is 0.304. The smallest absolute Gasteiger partial charge is 0.240 e. The van der Waals surface area contributed by atoms with Gasteiger partial charge in [0.25, 0.3) is 0 Å². The summed E-state index contributed by atoms with van der Waals surface area (Å²) in [5.41, 5.74) is 3.49. The van der Waals surface area contributed by atoms with Crippen molar-refractivity contribution in [3.8, 4) is 0 Å². The third-order valence-electron chi connectivity index (χ3n) is 5.65. The van der Waals surface area contributed by atoms with Crippen LogP contribution >= 0.6 is 24.0 Å². The molecule has 0 spiro atoms. The normalized spacial score (nSPS) is 18.3. The Labute approximate surface area is 207 Å². The average molecular weight is 570 g/mol. The van der Waals surface area contributed by atoms with E-state index < -0.39 is 10.0 Å². The Morgan fingerprint density at radius 3 is 2.69 bits per heavy atom.